The van der Waals surface area contributed by atoms with E-state index in [4.69, 9.17) is 9.84 Å². The highest BCUT2D eigenvalue weighted by molar-refractivity contribution is 4.83. The standard InChI is InChI=1S/C11H23O2/c1-6-11(4,13-5)9-10(2,3)7-8-12/h12H,1,6-9H2,2-5H3. The van der Waals surface area contributed by atoms with Gasteiger partial charge in [-0.25, -0.2) is 0 Å². The van der Waals surface area contributed by atoms with E-state index in [-0.39, 0.29) is 17.6 Å². The summed E-state index contributed by atoms with van der Waals surface area (Å²) in [5.74, 6) is 0. The summed E-state index contributed by atoms with van der Waals surface area (Å²) in [6.07, 6.45) is 2.50. The van der Waals surface area contributed by atoms with Crippen LogP contribution >= 0.6 is 0 Å². The summed E-state index contributed by atoms with van der Waals surface area (Å²) in [7, 11) is 1.72. The average molecular weight is 187 g/mol. The van der Waals surface area contributed by atoms with Gasteiger partial charge in [-0.1, -0.05) is 20.8 Å². The topological polar surface area (TPSA) is 29.5 Å². The molecule has 1 N–H and O–H groups in total. The van der Waals surface area contributed by atoms with E-state index in [0.717, 1.165) is 19.3 Å². The maximum absolute atomic E-state index is 8.89. The highest BCUT2D eigenvalue weighted by Gasteiger charge is 2.30. The molecule has 1 radical (unpaired) electrons. The molecule has 0 rings (SSSR count). The molecule has 0 aromatic carbocycles. The van der Waals surface area contributed by atoms with Crippen molar-refractivity contribution in [2.45, 2.75) is 45.6 Å². The molecule has 0 aromatic rings. The molecule has 0 aliphatic carbocycles. The molecular weight excluding hydrogens is 164 g/mol. The van der Waals surface area contributed by atoms with Crippen molar-refractivity contribution in [2.75, 3.05) is 13.7 Å². The van der Waals surface area contributed by atoms with Crippen molar-refractivity contribution in [1.82, 2.24) is 0 Å². The van der Waals surface area contributed by atoms with Gasteiger partial charge in [-0.15, -0.1) is 0 Å². The van der Waals surface area contributed by atoms with Crippen molar-refractivity contribution >= 4 is 0 Å². The molecule has 0 fully saturated rings. The zero-order chi connectivity index (χ0) is 10.5. The number of methoxy groups -OCH3 is 1. The lowest BCUT2D eigenvalue weighted by Gasteiger charge is -2.35. The summed E-state index contributed by atoms with van der Waals surface area (Å²) < 4.78 is 5.43. The van der Waals surface area contributed by atoms with Gasteiger partial charge in [0.05, 0.1) is 5.60 Å². The van der Waals surface area contributed by atoms with Crippen LogP contribution in [0.2, 0.25) is 0 Å². The Kier molecular flexibility index (Phi) is 4.93. The van der Waals surface area contributed by atoms with Gasteiger partial charge in [-0.3, -0.25) is 0 Å². The molecule has 0 aliphatic rings. The Labute approximate surface area is 82.3 Å². The van der Waals surface area contributed by atoms with Gasteiger partial charge in [0.15, 0.2) is 0 Å². The summed E-state index contributed by atoms with van der Waals surface area (Å²) in [6.45, 7) is 10.5. The fraction of sp³-hybridized carbons (Fsp3) is 0.909. The Hall–Kier alpha value is -0.0800. The summed E-state index contributed by atoms with van der Waals surface area (Å²) in [5.41, 5.74) is -0.0319. The van der Waals surface area contributed by atoms with Crippen LogP contribution in [0.25, 0.3) is 0 Å². The van der Waals surface area contributed by atoms with E-state index < -0.39 is 0 Å². The Morgan fingerprint density at radius 3 is 2.15 bits per heavy atom. The first kappa shape index (κ1) is 12.9. The summed E-state index contributed by atoms with van der Waals surface area (Å²) in [5, 5.41) is 8.89. The third kappa shape index (κ3) is 4.63. The Morgan fingerprint density at radius 1 is 1.31 bits per heavy atom. The summed E-state index contributed by atoms with van der Waals surface area (Å²) >= 11 is 0. The van der Waals surface area contributed by atoms with Crippen LogP contribution in [0.4, 0.5) is 0 Å². The molecule has 0 amide bonds. The largest absolute Gasteiger partial charge is 0.396 e. The van der Waals surface area contributed by atoms with Gasteiger partial charge in [0.1, 0.15) is 0 Å². The van der Waals surface area contributed by atoms with Crippen molar-refractivity contribution < 1.29 is 9.84 Å². The van der Waals surface area contributed by atoms with Crippen LogP contribution < -0.4 is 0 Å². The summed E-state index contributed by atoms with van der Waals surface area (Å²) in [4.78, 5) is 0. The third-order valence-electron chi connectivity index (χ3n) is 2.66. The van der Waals surface area contributed by atoms with E-state index in [0.29, 0.717) is 0 Å². The minimum absolute atomic E-state index is 0.122. The predicted molar refractivity (Wildman–Crippen MR) is 55.5 cm³/mol. The molecule has 0 bridgehead atoms. The zero-order valence-electron chi connectivity index (χ0n) is 9.39. The van der Waals surface area contributed by atoms with Crippen molar-refractivity contribution in [3.8, 4) is 0 Å². The molecule has 0 saturated carbocycles. The van der Waals surface area contributed by atoms with Crippen LogP contribution in [0.15, 0.2) is 0 Å². The van der Waals surface area contributed by atoms with Crippen LogP contribution in [-0.4, -0.2) is 24.4 Å². The number of hydrogen-bond acceptors (Lipinski definition) is 2. The van der Waals surface area contributed by atoms with E-state index in [1.807, 2.05) is 0 Å². The number of aliphatic hydroxyl groups excluding tert-OH is 1. The fourth-order valence-electron chi connectivity index (χ4n) is 1.67. The van der Waals surface area contributed by atoms with E-state index in [2.05, 4.69) is 27.7 Å². The van der Waals surface area contributed by atoms with Gasteiger partial charge >= 0.3 is 0 Å². The minimum Gasteiger partial charge on any atom is -0.396 e. The minimum atomic E-state index is -0.154. The zero-order valence-corrected chi connectivity index (χ0v) is 9.39. The lowest BCUT2D eigenvalue weighted by molar-refractivity contribution is -0.0303. The van der Waals surface area contributed by atoms with Crippen molar-refractivity contribution in [2.24, 2.45) is 5.41 Å². The Bertz CT molecular complexity index is 137. The molecule has 0 aromatic heterocycles. The lowest BCUT2D eigenvalue weighted by Crippen LogP contribution is -2.33. The molecule has 2 nitrogen and oxygen atoms in total. The number of hydrogen-bond donors (Lipinski definition) is 1. The van der Waals surface area contributed by atoms with E-state index in [1.54, 1.807) is 7.11 Å². The fourth-order valence-corrected chi connectivity index (χ4v) is 1.67. The predicted octanol–water partition coefficient (Wildman–Crippen LogP) is 2.41. The van der Waals surface area contributed by atoms with Gasteiger partial charge in [-0.05, 0) is 31.6 Å². The van der Waals surface area contributed by atoms with E-state index in [1.165, 1.54) is 0 Å². The lowest BCUT2D eigenvalue weighted by atomic mass is 9.78. The van der Waals surface area contributed by atoms with Crippen LogP contribution in [0.1, 0.15) is 40.0 Å². The van der Waals surface area contributed by atoms with Crippen molar-refractivity contribution in [3.05, 3.63) is 6.92 Å². The number of aliphatic hydroxyl groups is 1. The highest BCUT2D eigenvalue weighted by Crippen LogP contribution is 2.34. The van der Waals surface area contributed by atoms with Gasteiger partial charge in [0.2, 0.25) is 0 Å². The first-order valence-electron chi connectivity index (χ1n) is 4.84. The van der Waals surface area contributed by atoms with Crippen LogP contribution in [0.3, 0.4) is 0 Å². The third-order valence-corrected chi connectivity index (χ3v) is 2.66. The average Bonchev–Trinajstić information content (AvgIpc) is 2.03. The SMILES string of the molecule is [CH2]CC(C)(CC(C)(C)CCO)OC. The molecular formula is C11H23O2. The van der Waals surface area contributed by atoms with Crippen LogP contribution in [0.5, 0.6) is 0 Å². The van der Waals surface area contributed by atoms with Gasteiger partial charge < -0.3 is 9.84 Å². The second-order valence-electron chi connectivity index (χ2n) is 4.72. The Balaban J connectivity index is 4.21. The first-order valence-corrected chi connectivity index (χ1v) is 4.84. The number of ether oxygens (including phenoxy) is 1. The molecule has 13 heavy (non-hydrogen) atoms. The van der Waals surface area contributed by atoms with Crippen molar-refractivity contribution in [1.29, 1.82) is 0 Å². The maximum Gasteiger partial charge on any atom is 0.0655 e. The normalized spacial score (nSPS) is 17.1. The van der Waals surface area contributed by atoms with Crippen molar-refractivity contribution in [3.63, 3.8) is 0 Å². The number of rotatable bonds is 6. The van der Waals surface area contributed by atoms with E-state index in [9.17, 15) is 0 Å². The molecule has 0 saturated heterocycles. The molecule has 79 valence electrons. The van der Waals surface area contributed by atoms with Crippen LogP contribution in [0, 0.1) is 12.3 Å². The van der Waals surface area contributed by atoms with Crippen LogP contribution in [-0.2, 0) is 4.74 Å². The second-order valence-corrected chi connectivity index (χ2v) is 4.72. The molecule has 2 heteroatoms. The second kappa shape index (κ2) is 4.97. The quantitative estimate of drug-likeness (QED) is 0.692. The van der Waals surface area contributed by atoms with Gasteiger partial charge in [0.25, 0.3) is 0 Å². The highest BCUT2D eigenvalue weighted by atomic mass is 16.5. The summed E-state index contributed by atoms with van der Waals surface area (Å²) in [6, 6.07) is 0. The molecule has 1 unspecified atom stereocenters. The monoisotopic (exact) mass is 187 g/mol. The molecule has 1 atom stereocenters. The maximum atomic E-state index is 8.89. The van der Waals surface area contributed by atoms with Gasteiger partial charge in [0, 0.05) is 13.7 Å². The van der Waals surface area contributed by atoms with Gasteiger partial charge in [-0.2, -0.15) is 0 Å². The first-order chi connectivity index (χ1) is 5.89. The molecule has 0 heterocycles. The molecule has 0 spiro atoms. The van der Waals surface area contributed by atoms with E-state index >= 15 is 0 Å². The smallest absolute Gasteiger partial charge is 0.0655 e. The Morgan fingerprint density at radius 2 is 1.85 bits per heavy atom. The molecule has 0 aliphatic heterocycles.